The lowest BCUT2D eigenvalue weighted by Gasteiger charge is -2.34. The van der Waals surface area contributed by atoms with Gasteiger partial charge in [0, 0.05) is 26.2 Å². The molecular formula is C21H24N4O2. The van der Waals surface area contributed by atoms with Crippen molar-refractivity contribution in [3.05, 3.63) is 58.4 Å². The van der Waals surface area contributed by atoms with Crippen LogP contribution in [0.25, 0.3) is 16.6 Å². The molecule has 0 amide bonds. The number of anilines is 1. The highest BCUT2D eigenvalue weighted by Crippen LogP contribution is 2.26. The SMILES string of the molecule is COc1cccc2c(=O)n(-c3ccc(C)cc3)c(N3CCN(C)CC3)nc12. The molecule has 27 heavy (non-hydrogen) atoms. The van der Waals surface area contributed by atoms with Gasteiger partial charge in [-0.3, -0.25) is 4.79 Å². The van der Waals surface area contributed by atoms with Gasteiger partial charge in [0.1, 0.15) is 11.3 Å². The number of methoxy groups -OCH3 is 1. The van der Waals surface area contributed by atoms with Crippen LogP contribution in [0.3, 0.4) is 0 Å². The molecule has 2 aromatic carbocycles. The van der Waals surface area contributed by atoms with Gasteiger partial charge in [-0.25, -0.2) is 9.55 Å². The Morgan fingerprint density at radius 3 is 2.37 bits per heavy atom. The lowest BCUT2D eigenvalue weighted by Crippen LogP contribution is -2.46. The second-order valence-electron chi connectivity index (χ2n) is 7.03. The zero-order valence-corrected chi connectivity index (χ0v) is 16.0. The molecule has 0 saturated carbocycles. The molecule has 1 aliphatic heterocycles. The number of likely N-dealkylation sites (N-methyl/N-ethyl adjacent to an activating group) is 1. The molecule has 1 saturated heterocycles. The lowest BCUT2D eigenvalue weighted by atomic mass is 10.2. The summed E-state index contributed by atoms with van der Waals surface area (Å²) in [7, 11) is 3.72. The van der Waals surface area contributed by atoms with Gasteiger partial charge in [0.05, 0.1) is 18.2 Å². The van der Waals surface area contributed by atoms with Crippen LogP contribution in [0, 0.1) is 6.92 Å². The van der Waals surface area contributed by atoms with E-state index in [9.17, 15) is 4.79 Å². The molecule has 6 heteroatoms. The predicted molar refractivity (Wildman–Crippen MR) is 108 cm³/mol. The number of para-hydroxylation sites is 1. The second kappa shape index (κ2) is 7.04. The van der Waals surface area contributed by atoms with Gasteiger partial charge >= 0.3 is 0 Å². The van der Waals surface area contributed by atoms with Gasteiger partial charge in [-0.2, -0.15) is 0 Å². The fourth-order valence-electron chi connectivity index (χ4n) is 3.48. The van der Waals surface area contributed by atoms with Crippen molar-refractivity contribution in [1.82, 2.24) is 14.5 Å². The summed E-state index contributed by atoms with van der Waals surface area (Å²) in [6, 6.07) is 13.5. The van der Waals surface area contributed by atoms with Gasteiger partial charge in [0.15, 0.2) is 0 Å². The lowest BCUT2D eigenvalue weighted by molar-refractivity contribution is 0.310. The third-order valence-electron chi connectivity index (χ3n) is 5.14. The Hall–Kier alpha value is -2.86. The molecule has 6 nitrogen and oxygen atoms in total. The summed E-state index contributed by atoms with van der Waals surface area (Å²) in [4.78, 5) is 22.8. The maximum Gasteiger partial charge on any atom is 0.267 e. The Bertz CT molecular complexity index is 1020. The van der Waals surface area contributed by atoms with E-state index >= 15 is 0 Å². The number of aryl methyl sites for hydroxylation is 1. The van der Waals surface area contributed by atoms with Crippen molar-refractivity contribution < 1.29 is 4.74 Å². The van der Waals surface area contributed by atoms with E-state index in [1.807, 2.05) is 49.4 Å². The molecule has 4 rings (SSSR count). The Kier molecular flexibility index (Phi) is 4.58. The summed E-state index contributed by atoms with van der Waals surface area (Å²) < 4.78 is 7.19. The van der Waals surface area contributed by atoms with Crippen molar-refractivity contribution in [2.45, 2.75) is 6.92 Å². The van der Waals surface area contributed by atoms with Crippen molar-refractivity contribution >= 4 is 16.9 Å². The molecule has 1 fully saturated rings. The van der Waals surface area contributed by atoms with E-state index in [4.69, 9.17) is 9.72 Å². The van der Waals surface area contributed by atoms with Crippen LogP contribution in [0.4, 0.5) is 5.95 Å². The number of aromatic nitrogens is 2. The molecule has 2 heterocycles. The minimum absolute atomic E-state index is 0.0725. The van der Waals surface area contributed by atoms with Crippen LogP contribution in [-0.2, 0) is 0 Å². The minimum atomic E-state index is -0.0725. The van der Waals surface area contributed by atoms with Gasteiger partial charge in [-0.1, -0.05) is 23.8 Å². The Labute approximate surface area is 158 Å². The number of nitrogens with zero attached hydrogens (tertiary/aromatic N) is 4. The molecule has 1 aliphatic rings. The molecule has 0 aliphatic carbocycles. The summed E-state index contributed by atoms with van der Waals surface area (Å²) in [6.45, 7) is 5.57. The molecule has 0 bridgehead atoms. The van der Waals surface area contributed by atoms with E-state index in [1.54, 1.807) is 11.7 Å². The van der Waals surface area contributed by atoms with Gasteiger partial charge in [0.2, 0.25) is 5.95 Å². The van der Waals surface area contributed by atoms with Gasteiger partial charge < -0.3 is 14.5 Å². The third-order valence-corrected chi connectivity index (χ3v) is 5.14. The predicted octanol–water partition coefficient (Wildman–Crippen LogP) is 2.45. The highest BCUT2D eigenvalue weighted by Gasteiger charge is 2.22. The molecule has 0 atom stereocenters. The summed E-state index contributed by atoms with van der Waals surface area (Å²) in [6.07, 6.45) is 0. The Balaban J connectivity index is 1.98. The average Bonchev–Trinajstić information content (AvgIpc) is 2.69. The van der Waals surface area contributed by atoms with Crippen molar-refractivity contribution in [3.8, 4) is 11.4 Å². The summed E-state index contributed by atoms with van der Waals surface area (Å²) in [5.74, 6) is 1.30. The summed E-state index contributed by atoms with van der Waals surface area (Å²) >= 11 is 0. The van der Waals surface area contributed by atoms with E-state index in [0.29, 0.717) is 22.6 Å². The number of fused-ring (bicyclic) bond motifs is 1. The number of ether oxygens (including phenoxy) is 1. The largest absolute Gasteiger partial charge is 0.494 e. The highest BCUT2D eigenvalue weighted by molar-refractivity contribution is 5.85. The fourth-order valence-corrected chi connectivity index (χ4v) is 3.48. The van der Waals surface area contributed by atoms with Crippen LogP contribution in [-0.4, -0.2) is 54.8 Å². The molecule has 0 unspecified atom stereocenters. The van der Waals surface area contributed by atoms with E-state index in [0.717, 1.165) is 37.4 Å². The van der Waals surface area contributed by atoms with E-state index in [1.165, 1.54) is 0 Å². The van der Waals surface area contributed by atoms with Crippen LogP contribution < -0.4 is 15.2 Å². The maximum absolute atomic E-state index is 13.4. The molecule has 3 aromatic rings. The number of hydrogen-bond acceptors (Lipinski definition) is 5. The van der Waals surface area contributed by atoms with E-state index < -0.39 is 0 Å². The zero-order chi connectivity index (χ0) is 19.0. The van der Waals surface area contributed by atoms with Crippen LogP contribution in [0.15, 0.2) is 47.3 Å². The van der Waals surface area contributed by atoms with E-state index in [2.05, 4.69) is 16.8 Å². The minimum Gasteiger partial charge on any atom is -0.494 e. The van der Waals surface area contributed by atoms with Crippen LogP contribution in [0.2, 0.25) is 0 Å². The number of piperazine rings is 1. The van der Waals surface area contributed by atoms with E-state index in [-0.39, 0.29) is 5.56 Å². The second-order valence-corrected chi connectivity index (χ2v) is 7.03. The highest BCUT2D eigenvalue weighted by atomic mass is 16.5. The quantitative estimate of drug-likeness (QED) is 0.715. The molecule has 0 spiro atoms. The molecule has 140 valence electrons. The normalized spacial score (nSPS) is 15.3. The molecular weight excluding hydrogens is 340 g/mol. The number of benzene rings is 2. The third kappa shape index (κ3) is 3.17. The topological polar surface area (TPSA) is 50.6 Å². The van der Waals surface area contributed by atoms with Crippen LogP contribution in [0.1, 0.15) is 5.56 Å². The van der Waals surface area contributed by atoms with Crippen molar-refractivity contribution in [2.24, 2.45) is 0 Å². The van der Waals surface area contributed by atoms with Crippen molar-refractivity contribution in [2.75, 3.05) is 45.2 Å². The Morgan fingerprint density at radius 1 is 1.00 bits per heavy atom. The van der Waals surface area contributed by atoms with Gasteiger partial charge in [-0.05, 0) is 38.2 Å². The maximum atomic E-state index is 13.4. The Morgan fingerprint density at radius 2 is 1.70 bits per heavy atom. The standard InChI is InChI=1S/C21H24N4O2/c1-15-7-9-16(10-8-15)25-20(26)17-5-4-6-18(27-3)19(17)22-21(25)24-13-11-23(2)12-14-24/h4-10H,11-14H2,1-3H3. The summed E-state index contributed by atoms with van der Waals surface area (Å²) in [5, 5.41) is 0.563. The monoisotopic (exact) mass is 364 g/mol. The molecule has 1 aromatic heterocycles. The van der Waals surface area contributed by atoms with Crippen molar-refractivity contribution in [3.63, 3.8) is 0 Å². The summed E-state index contributed by atoms with van der Waals surface area (Å²) in [5.41, 5.74) is 2.53. The van der Waals surface area contributed by atoms with Crippen molar-refractivity contribution in [1.29, 1.82) is 0 Å². The average molecular weight is 364 g/mol. The van der Waals surface area contributed by atoms with Crippen LogP contribution in [0.5, 0.6) is 5.75 Å². The first kappa shape index (κ1) is 17.5. The number of hydrogen-bond donors (Lipinski definition) is 0. The van der Waals surface area contributed by atoms with Gasteiger partial charge in [-0.15, -0.1) is 0 Å². The first-order chi connectivity index (χ1) is 13.1. The number of rotatable bonds is 3. The zero-order valence-electron chi connectivity index (χ0n) is 16.0. The molecule has 0 N–H and O–H groups in total. The van der Waals surface area contributed by atoms with Crippen LogP contribution >= 0.6 is 0 Å². The smallest absolute Gasteiger partial charge is 0.267 e. The van der Waals surface area contributed by atoms with Gasteiger partial charge in [0.25, 0.3) is 5.56 Å². The molecule has 0 radical (unpaired) electrons. The first-order valence-electron chi connectivity index (χ1n) is 9.19. The first-order valence-corrected chi connectivity index (χ1v) is 9.19. The fraction of sp³-hybridized carbons (Fsp3) is 0.333.